The van der Waals surface area contributed by atoms with Crippen LogP contribution in [0.5, 0.6) is 0 Å². The van der Waals surface area contributed by atoms with Gasteiger partial charge in [0.2, 0.25) is 0 Å². The van der Waals surface area contributed by atoms with Gasteiger partial charge in [0, 0.05) is 11.9 Å². The van der Waals surface area contributed by atoms with E-state index in [1.165, 1.54) is 10.9 Å². The van der Waals surface area contributed by atoms with E-state index in [-0.39, 0.29) is 6.54 Å². The van der Waals surface area contributed by atoms with Gasteiger partial charge in [-0.1, -0.05) is 0 Å². The summed E-state index contributed by atoms with van der Waals surface area (Å²) in [7, 11) is 0. The average Bonchev–Trinajstić information content (AvgIpc) is 2.40. The second-order valence-corrected chi connectivity index (χ2v) is 2.05. The average molecular weight is 174 g/mol. The lowest BCUT2D eigenvalue weighted by molar-refractivity contribution is 0.121. The van der Waals surface area contributed by atoms with Crippen LogP contribution in [0.4, 0.5) is 8.78 Å². The smallest absolute Gasteiger partial charge is 0.257 e. The number of rotatable bonds is 2. The van der Waals surface area contributed by atoms with Crippen LogP contribution in [0.3, 0.4) is 0 Å². The standard InChI is InChI=1S/C6H8F2N2.C2H4/c1-5-2-3-9-10(5)4-6(7)8;1-2/h2-3,6H,4H2,1H3;1-2H2. The van der Waals surface area contributed by atoms with Gasteiger partial charge in [-0.25, -0.2) is 8.78 Å². The highest BCUT2D eigenvalue weighted by Gasteiger charge is 2.04. The van der Waals surface area contributed by atoms with Crippen LogP contribution >= 0.6 is 0 Å². The van der Waals surface area contributed by atoms with E-state index in [1.807, 2.05) is 0 Å². The molecule has 0 spiro atoms. The van der Waals surface area contributed by atoms with E-state index in [0.29, 0.717) is 0 Å². The quantitative estimate of drug-likeness (QED) is 0.629. The first kappa shape index (κ1) is 10.8. The highest BCUT2D eigenvalue weighted by molar-refractivity contribution is 4.96. The van der Waals surface area contributed by atoms with Gasteiger partial charge in [-0.15, -0.1) is 13.2 Å². The molecule has 1 rings (SSSR count). The molecule has 0 atom stereocenters. The first-order valence-corrected chi connectivity index (χ1v) is 3.46. The molecule has 1 aromatic heterocycles. The van der Waals surface area contributed by atoms with E-state index < -0.39 is 6.43 Å². The summed E-state index contributed by atoms with van der Waals surface area (Å²) < 4.78 is 24.7. The minimum Gasteiger partial charge on any atom is -0.264 e. The molecule has 0 fully saturated rings. The van der Waals surface area contributed by atoms with Crippen LogP contribution in [0.1, 0.15) is 5.69 Å². The zero-order valence-electron chi connectivity index (χ0n) is 7.00. The fraction of sp³-hybridized carbons (Fsp3) is 0.375. The summed E-state index contributed by atoms with van der Waals surface area (Å²) >= 11 is 0. The topological polar surface area (TPSA) is 17.8 Å². The van der Waals surface area contributed by atoms with Crippen molar-refractivity contribution >= 4 is 0 Å². The molecule has 0 aliphatic rings. The fourth-order valence-electron chi connectivity index (χ4n) is 0.721. The molecule has 0 unspecified atom stereocenters. The van der Waals surface area contributed by atoms with Crippen LogP contribution < -0.4 is 0 Å². The van der Waals surface area contributed by atoms with Gasteiger partial charge in [0.15, 0.2) is 0 Å². The third-order valence-corrected chi connectivity index (χ3v) is 1.24. The summed E-state index contributed by atoms with van der Waals surface area (Å²) in [6, 6.07) is 1.70. The first-order chi connectivity index (χ1) is 5.70. The lowest BCUT2D eigenvalue weighted by Crippen LogP contribution is -2.09. The molecule has 0 saturated carbocycles. The van der Waals surface area contributed by atoms with Gasteiger partial charge in [0.05, 0.1) is 0 Å². The number of aryl methyl sites for hydroxylation is 1. The Kier molecular flexibility index (Phi) is 4.92. The predicted octanol–water partition coefficient (Wildman–Crippen LogP) is 2.26. The zero-order valence-corrected chi connectivity index (χ0v) is 7.00. The molecule has 0 N–H and O–H groups in total. The Morgan fingerprint density at radius 1 is 1.58 bits per heavy atom. The molecule has 0 bridgehead atoms. The largest absolute Gasteiger partial charge is 0.264 e. The van der Waals surface area contributed by atoms with Crippen LogP contribution in [0.15, 0.2) is 25.4 Å². The highest BCUT2D eigenvalue weighted by atomic mass is 19.3. The maximum absolute atomic E-state index is 11.7. The maximum atomic E-state index is 11.7. The second-order valence-electron chi connectivity index (χ2n) is 2.05. The summed E-state index contributed by atoms with van der Waals surface area (Å²) in [6.07, 6.45) is -0.809. The van der Waals surface area contributed by atoms with Crippen LogP contribution in [-0.4, -0.2) is 16.2 Å². The van der Waals surface area contributed by atoms with Crippen molar-refractivity contribution in [1.82, 2.24) is 9.78 Å². The predicted molar refractivity (Wildman–Crippen MR) is 44.2 cm³/mol. The van der Waals surface area contributed by atoms with Crippen molar-refractivity contribution in [2.24, 2.45) is 0 Å². The molecule has 0 radical (unpaired) electrons. The Hall–Kier alpha value is -1.19. The number of hydrogen-bond donors (Lipinski definition) is 0. The van der Waals surface area contributed by atoms with Gasteiger partial charge >= 0.3 is 0 Å². The summed E-state index contributed by atoms with van der Waals surface area (Å²) in [4.78, 5) is 0. The Labute approximate surface area is 70.5 Å². The molecular formula is C8H12F2N2. The van der Waals surface area contributed by atoms with Gasteiger partial charge < -0.3 is 0 Å². The molecule has 0 saturated heterocycles. The Morgan fingerprint density at radius 2 is 2.17 bits per heavy atom. The van der Waals surface area contributed by atoms with Gasteiger partial charge in [-0.3, -0.25) is 4.68 Å². The Balaban J connectivity index is 0.000000561. The lowest BCUT2D eigenvalue weighted by atomic mass is 10.5. The molecule has 1 heterocycles. The third-order valence-electron chi connectivity index (χ3n) is 1.24. The van der Waals surface area contributed by atoms with Crippen molar-refractivity contribution in [3.63, 3.8) is 0 Å². The second kappa shape index (κ2) is 5.46. The normalized spacial score (nSPS) is 9.33. The van der Waals surface area contributed by atoms with Gasteiger partial charge in [0.1, 0.15) is 6.54 Å². The fourth-order valence-corrected chi connectivity index (χ4v) is 0.721. The number of alkyl halides is 2. The van der Waals surface area contributed by atoms with Crippen LogP contribution in [0.25, 0.3) is 0 Å². The molecule has 68 valence electrons. The molecule has 12 heavy (non-hydrogen) atoms. The van der Waals surface area contributed by atoms with Crippen LogP contribution in [0, 0.1) is 6.92 Å². The Morgan fingerprint density at radius 3 is 2.50 bits per heavy atom. The summed E-state index contributed by atoms with van der Waals surface area (Å²) in [6.45, 7) is 7.44. The van der Waals surface area contributed by atoms with E-state index in [0.717, 1.165) is 5.69 Å². The molecule has 2 nitrogen and oxygen atoms in total. The number of nitrogens with zero attached hydrogens (tertiary/aromatic N) is 2. The van der Waals surface area contributed by atoms with E-state index in [4.69, 9.17) is 0 Å². The zero-order chi connectivity index (χ0) is 9.56. The molecule has 1 aromatic rings. The lowest BCUT2D eigenvalue weighted by Gasteiger charge is -2.00. The molecular weight excluding hydrogens is 162 g/mol. The third kappa shape index (κ3) is 3.27. The van der Waals surface area contributed by atoms with Crippen molar-refractivity contribution in [2.45, 2.75) is 19.9 Å². The van der Waals surface area contributed by atoms with E-state index >= 15 is 0 Å². The molecule has 4 heteroatoms. The van der Waals surface area contributed by atoms with Gasteiger partial charge in [-0.05, 0) is 13.0 Å². The number of hydrogen-bond acceptors (Lipinski definition) is 1. The van der Waals surface area contributed by atoms with Crippen molar-refractivity contribution in [3.05, 3.63) is 31.1 Å². The first-order valence-electron chi connectivity index (χ1n) is 3.46. The van der Waals surface area contributed by atoms with Crippen molar-refractivity contribution < 1.29 is 8.78 Å². The minimum atomic E-state index is -2.32. The molecule has 0 aliphatic heterocycles. The monoisotopic (exact) mass is 174 g/mol. The van der Waals surface area contributed by atoms with E-state index in [1.54, 1.807) is 13.0 Å². The molecule has 0 amide bonds. The van der Waals surface area contributed by atoms with E-state index in [2.05, 4.69) is 18.3 Å². The maximum Gasteiger partial charge on any atom is 0.257 e. The summed E-state index contributed by atoms with van der Waals surface area (Å²) in [5.41, 5.74) is 0.764. The van der Waals surface area contributed by atoms with Crippen LogP contribution in [0.2, 0.25) is 0 Å². The SMILES string of the molecule is C=C.Cc1ccnn1CC(F)F. The summed E-state index contributed by atoms with van der Waals surface area (Å²) in [5.74, 6) is 0. The highest BCUT2D eigenvalue weighted by Crippen LogP contribution is 2.00. The Bertz CT molecular complexity index is 221. The molecule has 0 aromatic carbocycles. The van der Waals surface area contributed by atoms with Crippen molar-refractivity contribution in [3.8, 4) is 0 Å². The van der Waals surface area contributed by atoms with Crippen molar-refractivity contribution in [2.75, 3.05) is 0 Å². The number of aromatic nitrogens is 2. The van der Waals surface area contributed by atoms with E-state index in [9.17, 15) is 8.78 Å². The van der Waals surface area contributed by atoms with Gasteiger partial charge in [0.25, 0.3) is 6.43 Å². The van der Waals surface area contributed by atoms with Gasteiger partial charge in [-0.2, -0.15) is 5.10 Å². The number of halogens is 2. The van der Waals surface area contributed by atoms with Crippen molar-refractivity contribution in [1.29, 1.82) is 0 Å². The summed E-state index contributed by atoms with van der Waals surface area (Å²) in [5, 5.41) is 3.69. The molecule has 0 aliphatic carbocycles. The minimum absolute atomic E-state index is 0.307. The van der Waals surface area contributed by atoms with Crippen LogP contribution in [-0.2, 0) is 6.54 Å².